The lowest BCUT2D eigenvalue weighted by Gasteiger charge is -2.11. The summed E-state index contributed by atoms with van der Waals surface area (Å²) in [5, 5.41) is 7.65. The molecule has 0 saturated carbocycles. The first-order chi connectivity index (χ1) is 15.9. The Balaban J connectivity index is 1.53. The van der Waals surface area contributed by atoms with E-state index in [-0.39, 0.29) is 35.3 Å². The van der Waals surface area contributed by atoms with Gasteiger partial charge in [-0.3, -0.25) is 4.79 Å². The molecule has 174 valence electrons. The molecule has 1 aliphatic rings. The molecular weight excluding hydrogens is 449 g/mol. The molecule has 1 unspecified atom stereocenters. The summed E-state index contributed by atoms with van der Waals surface area (Å²) in [6, 6.07) is 8.32. The van der Waals surface area contributed by atoms with Crippen LogP contribution in [0.2, 0.25) is 5.02 Å². The summed E-state index contributed by atoms with van der Waals surface area (Å²) < 4.78 is 31.0. The maximum absolute atomic E-state index is 15.0. The molecule has 33 heavy (non-hydrogen) atoms. The van der Waals surface area contributed by atoms with E-state index in [1.807, 2.05) is 13.8 Å². The largest absolute Gasteiger partial charge is 0.489 e. The lowest BCUT2D eigenvalue weighted by atomic mass is 9.95. The summed E-state index contributed by atoms with van der Waals surface area (Å²) in [4.78, 5) is 16.0. The number of esters is 1. The molecule has 1 aliphatic heterocycles. The van der Waals surface area contributed by atoms with Crippen LogP contribution in [0, 0.1) is 5.82 Å². The topological polar surface area (TPSA) is 86.5 Å². The molecule has 0 radical (unpaired) electrons. The maximum Gasteiger partial charge on any atom is 0.305 e. The number of hydrogen-bond acceptors (Lipinski definition) is 7. The highest BCUT2D eigenvalue weighted by Gasteiger charge is 2.26. The van der Waals surface area contributed by atoms with E-state index in [4.69, 9.17) is 25.6 Å². The highest BCUT2D eigenvalue weighted by atomic mass is 35.5. The summed E-state index contributed by atoms with van der Waals surface area (Å²) in [5.74, 6) is 0.255. The van der Waals surface area contributed by atoms with Crippen molar-refractivity contribution in [2.24, 2.45) is 0 Å². The van der Waals surface area contributed by atoms with Crippen LogP contribution in [-0.4, -0.2) is 35.4 Å². The first-order valence-corrected chi connectivity index (χ1v) is 11.3. The zero-order valence-electron chi connectivity index (χ0n) is 18.7. The van der Waals surface area contributed by atoms with Gasteiger partial charge in [0.1, 0.15) is 11.6 Å². The first kappa shape index (κ1) is 23.0. The first-order valence-electron chi connectivity index (χ1n) is 10.9. The van der Waals surface area contributed by atoms with Crippen LogP contribution in [0.25, 0.3) is 22.8 Å². The quantitative estimate of drug-likeness (QED) is 0.411. The summed E-state index contributed by atoms with van der Waals surface area (Å²) in [6.45, 7) is 6.58. The normalized spacial score (nSPS) is 14.8. The molecule has 9 heteroatoms. The number of rotatable bonds is 8. The molecule has 1 aromatic heterocycles. The van der Waals surface area contributed by atoms with Gasteiger partial charge in [-0.25, -0.2) is 4.39 Å². The molecule has 0 spiro atoms. The molecule has 0 fully saturated rings. The average molecular weight is 474 g/mol. The third kappa shape index (κ3) is 5.11. The number of halogens is 2. The van der Waals surface area contributed by atoms with E-state index in [0.29, 0.717) is 42.3 Å². The van der Waals surface area contributed by atoms with Gasteiger partial charge in [-0.2, -0.15) is 4.98 Å². The Labute approximate surface area is 196 Å². The summed E-state index contributed by atoms with van der Waals surface area (Å²) in [7, 11) is 0. The minimum atomic E-state index is -0.454. The monoisotopic (exact) mass is 473 g/mol. The van der Waals surface area contributed by atoms with Gasteiger partial charge in [0.15, 0.2) is 0 Å². The number of carbonyl (C=O) groups is 1. The number of nitrogens with zero attached hydrogens (tertiary/aromatic N) is 2. The molecule has 3 aromatic rings. The lowest BCUT2D eigenvalue weighted by Crippen LogP contribution is -2.08. The predicted octanol–water partition coefficient (Wildman–Crippen LogP) is 5.84. The van der Waals surface area contributed by atoms with Crippen molar-refractivity contribution < 1.29 is 23.2 Å². The van der Waals surface area contributed by atoms with Gasteiger partial charge in [0.05, 0.1) is 23.3 Å². The third-order valence-corrected chi connectivity index (χ3v) is 5.62. The Morgan fingerprint density at radius 1 is 1.33 bits per heavy atom. The molecule has 1 atom stereocenters. The predicted molar refractivity (Wildman–Crippen MR) is 123 cm³/mol. The number of hydrogen-bond donors (Lipinski definition) is 1. The standard InChI is InChI=1S/C24H25ClFN3O4/c1-4-31-22(30)8-6-15-12-27-20-11-17(19(26)10-16(15)20)23-28-24(33-29-23)14-5-7-21(18(25)9-14)32-13(2)3/h5,7,9-11,13,15,27H,4,6,8,12H2,1-3H3. The van der Waals surface area contributed by atoms with Gasteiger partial charge >= 0.3 is 5.97 Å². The molecule has 0 bridgehead atoms. The lowest BCUT2D eigenvalue weighted by molar-refractivity contribution is -0.143. The number of anilines is 1. The van der Waals surface area contributed by atoms with Crippen molar-refractivity contribution in [3.63, 3.8) is 0 Å². The third-order valence-electron chi connectivity index (χ3n) is 5.33. The van der Waals surface area contributed by atoms with Gasteiger partial charge in [-0.1, -0.05) is 16.8 Å². The van der Waals surface area contributed by atoms with E-state index < -0.39 is 5.82 Å². The molecule has 2 heterocycles. The molecule has 4 rings (SSSR count). The van der Waals surface area contributed by atoms with Gasteiger partial charge in [-0.15, -0.1) is 0 Å². The Morgan fingerprint density at radius 2 is 2.15 bits per heavy atom. The molecule has 0 amide bonds. The number of aromatic nitrogens is 2. The van der Waals surface area contributed by atoms with Gasteiger partial charge < -0.3 is 19.3 Å². The van der Waals surface area contributed by atoms with Gasteiger partial charge in [0, 0.05) is 30.1 Å². The van der Waals surface area contributed by atoms with Gasteiger partial charge in [0.25, 0.3) is 5.89 Å². The number of ether oxygens (including phenoxy) is 2. The number of nitrogens with one attached hydrogen (secondary N) is 1. The van der Waals surface area contributed by atoms with Gasteiger partial charge in [0.2, 0.25) is 5.82 Å². The highest BCUT2D eigenvalue weighted by molar-refractivity contribution is 6.32. The number of carbonyl (C=O) groups excluding carboxylic acids is 1. The van der Waals surface area contributed by atoms with E-state index >= 15 is 0 Å². The van der Waals surface area contributed by atoms with E-state index in [2.05, 4.69) is 15.5 Å². The molecule has 0 saturated heterocycles. The van der Waals surface area contributed by atoms with Gasteiger partial charge in [-0.05, 0) is 63.1 Å². The average Bonchev–Trinajstić information content (AvgIpc) is 3.40. The van der Waals surface area contributed by atoms with Crippen LogP contribution in [0.4, 0.5) is 10.1 Å². The zero-order valence-corrected chi connectivity index (χ0v) is 19.4. The van der Waals surface area contributed by atoms with Crippen LogP contribution in [0.15, 0.2) is 34.9 Å². The van der Waals surface area contributed by atoms with Crippen LogP contribution in [-0.2, 0) is 9.53 Å². The molecular formula is C24H25ClFN3O4. The minimum absolute atomic E-state index is 0.00971. The van der Waals surface area contributed by atoms with Crippen molar-refractivity contribution in [3.8, 4) is 28.6 Å². The molecule has 0 aliphatic carbocycles. The van der Waals surface area contributed by atoms with E-state index in [1.165, 1.54) is 6.07 Å². The van der Waals surface area contributed by atoms with Crippen molar-refractivity contribution in [1.82, 2.24) is 10.1 Å². The summed E-state index contributed by atoms with van der Waals surface area (Å²) >= 11 is 6.30. The SMILES string of the molecule is CCOC(=O)CCC1CNc2cc(-c3noc(-c4ccc(OC(C)C)c(Cl)c4)n3)c(F)cc21. The van der Waals surface area contributed by atoms with Crippen LogP contribution in [0.3, 0.4) is 0 Å². The molecule has 7 nitrogen and oxygen atoms in total. The van der Waals surface area contributed by atoms with Crippen LogP contribution < -0.4 is 10.1 Å². The smallest absolute Gasteiger partial charge is 0.305 e. The fraction of sp³-hybridized carbons (Fsp3) is 0.375. The maximum atomic E-state index is 15.0. The summed E-state index contributed by atoms with van der Waals surface area (Å²) in [5.41, 5.74) is 2.46. The highest BCUT2D eigenvalue weighted by Crippen LogP contribution is 2.39. The number of fused-ring (bicyclic) bond motifs is 1. The van der Waals surface area contributed by atoms with E-state index in [0.717, 1.165) is 11.3 Å². The van der Waals surface area contributed by atoms with Crippen LogP contribution in [0.5, 0.6) is 5.75 Å². The van der Waals surface area contributed by atoms with Crippen molar-refractivity contribution in [2.45, 2.75) is 45.6 Å². The number of benzene rings is 2. The second-order valence-corrected chi connectivity index (χ2v) is 8.48. The minimum Gasteiger partial charge on any atom is -0.489 e. The van der Waals surface area contributed by atoms with Crippen LogP contribution in [0.1, 0.15) is 45.1 Å². The van der Waals surface area contributed by atoms with Crippen molar-refractivity contribution in [2.75, 3.05) is 18.5 Å². The molecule has 2 aromatic carbocycles. The molecule has 1 N–H and O–H groups in total. The van der Waals surface area contributed by atoms with E-state index in [9.17, 15) is 9.18 Å². The van der Waals surface area contributed by atoms with E-state index in [1.54, 1.807) is 31.2 Å². The zero-order chi connectivity index (χ0) is 23.5. The Morgan fingerprint density at radius 3 is 2.88 bits per heavy atom. The Bertz CT molecular complexity index is 1160. The second-order valence-electron chi connectivity index (χ2n) is 8.08. The van der Waals surface area contributed by atoms with Crippen molar-refractivity contribution in [1.29, 1.82) is 0 Å². The van der Waals surface area contributed by atoms with Crippen molar-refractivity contribution in [3.05, 3.63) is 46.7 Å². The second kappa shape index (κ2) is 9.79. The van der Waals surface area contributed by atoms with Crippen LogP contribution >= 0.6 is 11.6 Å². The van der Waals surface area contributed by atoms with Crippen molar-refractivity contribution >= 4 is 23.3 Å². The summed E-state index contributed by atoms with van der Waals surface area (Å²) in [6.07, 6.45) is 0.867. The fourth-order valence-electron chi connectivity index (χ4n) is 3.81. The Hall–Kier alpha value is -3.13. The fourth-order valence-corrected chi connectivity index (χ4v) is 4.04. The Kier molecular flexibility index (Phi) is 6.83.